The van der Waals surface area contributed by atoms with Crippen molar-refractivity contribution in [2.75, 3.05) is 65.1 Å². The quantitative estimate of drug-likeness (QED) is 0.554. The highest BCUT2D eigenvalue weighted by Gasteiger charge is 2.08. The van der Waals surface area contributed by atoms with E-state index in [1.165, 1.54) is 13.8 Å². The molecule has 0 radical (unpaired) electrons. The van der Waals surface area contributed by atoms with Gasteiger partial charge in [-0.05, 0) is 39.7 Å². The van der Waals surface area contributed by atoms with Crippen LogP contribution in [-0.2, 0) is 34.7 Å². The maximum absolute atomic E-state index is 11.4. The Morgan fingerprint density at radius 1 is 1.00 bits per heavy atom. The molecular weight excluding hydrogens is 451 g/mol. The van der Waals surface area contributed by atoms with Crippen molar-refractivity contribution < 1.29 is 26.7 Å². The van der Waals surface area contributed by atoms with Crippen molar-refractivity contribution in [2.24, 2.45) is 0 Å². The zero-order chi connectivity index (χ0) is 24.7. The summed E-state index contributed by atoms with van der Waals surface area (Å²) >= 11 is 1.75. The SMILES string of the molecule is CC(C)=O.COC.CP(C)(=O)c1ccccc1.CS(C)(=O)=O.CS(C)=O.CSC. The van der Waals surface area contributed by atoms with E-state index in [1.54, 1.807) is 51.8 Å². The van der Waals surface area contributed by atoms with Crippen molar-refractivity contribution >= 4 is 50.6 Å². The molecule has 0 aromatic heterocycles. The molecule has 0 heterocycles. The Kier molecular flexibility index (Phi) is 34.4. The van der Waals surface area contributed by atoms with Crippen LogP contribution >= 0.6 is 18.9 Å². The zero-order valence-corrected chi connectivity index (χ0v) is 23.4. The van der Waals surface area contributed by atoms with Gasteiger partial charge < -0.3 is 14.1 Å². The molecule has 10 heteroatoms. The normalized spacial score (nSPS) is 9.28. The predicted octanol–water partition coefficient (Wildman–Crippen LogP) is 3.43. The highest BCUT2D eigenvalue weighted by molar-refractivity contribution is 7.97. The average molecular weight is 493 g/mol. The summed E-state index contributed by atoms with van der Waals surface area (Å²) in [6.07, 6.45) is 9.68. The molecule has 176 valence electrons. The maximum Gasteiger partial charge on any atom is 0.144 e. The number of ether oxygens (including phenoxy) is 1. The molecule has 0 amide bonds. The van der Waals surface area contributed by atoms with Gasteiger partial charge >= 0.3 is 0 Å². The van der Waals surface area contributed by atoms with E-state index in [2.05, 4.69) is 4.74 Å². The second-order valence-corrected chi connectivity index (χ2v) is 14.1. The Hall–Kier alpha value is -0.470. The molecule has 0 fully saturated rings. The number of rotatable bonds is 1. The molecule has 0 N–H and O–H groups in total. The van der Waals surface area contributed by atoms with E-state index >= 15 is 0 Å². The summed E-state index contributed by atoms with van der Waals surface area (Å²) < 4.78 is 44.5. The Labute approximate surface area is 186 Å². The zero-order valence-electron chi connectivity index (χ0n) is 20.0. The smallest absolute Gasteiger partial charge is 0.144 e. The summed E-state index contributed by atoms with van der Waals surface area (Å²) in [5, 5.41) is 0.954. The fourth-order valence-electron chi connectivity index (χ4n) is 0.787. The minimum Gasteiger partial charge on any atom is -0.388 e. The standard InChI is InChI=1S/C8H11OP.C3H6O.C2H6O2S.C2H6OS.C2H6O.C2H6S/c1-10(2,9)8-6-4-3-5-7-8;1-3(2)4;1-5(2,3)4;1-4(2)3;2*1-3-2/h3-7H,1-2H3;1-2H3;1-2H3;1-2H3;2*1-2H3. The van der Waals surface area contributed by atoms with Gasteiger partial charge in [-0.1, -0.05) is 30.3 Å². The van der Waals surface area contributed by atoms with Crippen LogP contribution in [0.15, 0.2) is 30.3 Å². The fraction of sp³-hybridized carbons (Fsp3) is 0.632. The van der Waals surface area contributed by atoms with E-state index < -0.39 is 27.8 Å². The molecular formula is C19H41O6PS3. The van der Waals surface area contributed by atoms with E-state index in [1.807, 2.05) is 42.8 Å². The van der Waals surface area contributed by atoms with Crippen molar-refractivity contribution in [3.05, 3.63) is 30.3 Å². The summed E-state index contributed by atoms with van der Waals surface area (Å²) in [6.45, 7) is 6.62. The van der Waals surface area contributed by atoms with Crippen LogP contribution in [0, 0.1) is 0 Å². The van der Waals surface area contributed by atoms with E-state index in [4.69, 9.17) is 0 Å². The van der Waals surface area contributed by atoms with Crippen LogP contribution in [0.2, 0.25) is 0 Å². The Bertz CT molecular complexity index is 611. The summed E-state index contributed by atoms with van der Waals surface area (Å²) in [5.41, 5.74) is 0. The third kappa shape index (κ3) is 98.0. The van der Waals surface area contributed by atoms with Gasteiger partial charge in [0.25, 0.3) is 0 Å². The second kappa shape index (κ2) is 25.6. The number of ketones is 1. The monoisotopic (exact) mass is 492 g/mol. The van der Waals surface area contributed by atoms with E-state index in [-0.39, 0.29) is 5.78 Å². The van der Waals surface area contributed by atoms with E-state index in [0.29, 0.717) is 0 Å². The van der Waals surface area contributed by atoms with Crippen molar-refractivity contribution in [2.45, 2.75) is 13.8 Å². The van der Waals surface area contributed by atoms with Crippen LogP contribution < -0.4 is 5.30 Å². The van der Waals surface area contributed by atoms with E-state index in [0.717, 1.165) is 17.8 Å². The van der Waals surface area contributed by atoms with Crippen LogP contribution in [-0.4, -0.2) is 83.5 Å². The molecule has 0 spiro atoms. The molecule has 6 nitrogen and oxygen atoms in total. The maximum atomic E-state index is 11.4. The molecule has 0 atom stereocenters. The van der Waals surface area contributed by atoms with Crippen molar-refractivity contribution in [1.82, 2.24) is 0 Å². The van der Waals surface area contributed by atoms with Crippen LogP contribution in [0.4, 0.5) is 0 Å². The lowest BCUT2D eigenvalue weighted by molar-refractivity contribution is -0.115. The number of hydrogen-bond donors (Lipinski definition) is 0. The number of carbonyl (C=O) groups excluding carboxylic acids is 1. The third-order valence-corrected chi connectivity index (χ3v) is 2.92. The van der Waals surface area contributed by atoms with Gasteiger partial charge in [-0.3, -0.25) is 4.21 Å². The number of benzene rings is 1. The third-order valence-electron chi connectivity index (χ3n) is 1.38. The second-order valence-electron chi connectivity index (χ2n) is 6.30. The number of hydrogen-bond acceptors (Lipinski definition) is 7. The number of methoxy groups -OCH3 is 1. The molecule has 0 unspecified atom stereocenters. The minimum absolute atomic E-state index is 0.167. The van der Waals surface area contributed by atoms with Crippen LogP contribution in [0.25, 0.3) is 0 Å². The molecule has 1 aromatic rings. The number of thioether (sulfide) groups is 1. The van der Waals surface area contributed by atoms with Crippen LogP contribution in [0.3, 0.4) is 0 Å². The topological polar surface area (TPSA) is 94.6 Å². The highest BCUT2D eigenvalue weighted by Crippen LogP contribution is 2.33. The number of carbonyl (C=O) groups is 1. The summed E-state index contributed by atoms with van der Waals surface area (Å²) in [6, 6.07) is 9.56. The fourth-order valence-corrected chi connectivity index (χ4v) is 1.68. The molecule has 0 bridgehead atoms. The van der Waals surface area contributed by atoms with Crippen LogP contribution in [0.1, 0.15) is 13.8 Å². The van der Waals surface area contributed by atoms with Gasteiger partial charge in [-0.25, -0.2) is 8.42 Å². The summed E-state index contributed by atoms with van der Waals surface area (Å²) in [4.78, 5) is 9.44. The Morgan fingerprint density at radius 3 is 1.28 bits per heavy atom. The molecule has 0 aliphatic heterocycles. The first-order valence-corrected chi connectivity index (χ1v) is 16.7. The highest BCUT2D eigenvalue weighted by atomic mass is 32.2. The van der Waals surface area contributed by atoms with Crippen molar-refractivity contribution in [3.8, 4) is 0 Å². The average Bonchev–Trinajstić information content (AvgIpc) is 2.46. The minimum atomic E-state index is -2.67. The molecule has 0 saturated heterocycles. The molecule has 0 aliphatic carbocycles. The number of sulfone groups is 1. The lowest BCUT2D eigenvalue weighted by atomic mass is 10.4. The Morgan fingerprint density at radius 2 is 1.17 bits per heavy atom. The first-order chi connectivity index (χ1) is 12.9. The van der Waals surface area contributed by atoms with E-state index in [9.17, 15) is 22.0 Å². The Balaban J connectivity index is -0.0000000869. The van der Waals surface area contributed by atoms with Gasteiger partial charge in [0.1, 0.15) is 22.8 Å². The van der Waals surface area contributed by atoms with Gasteiger partial charge in [0.2, 0.25) is 0 Å². The van der Waals surface area contributed by atoms with Crippen molar-refractivity contribution in [3.63, 3.8) is 0 Å². The van der Waals surface area contributed by atoms with Gasteiger partial charge in [0.05, 0.1) is 0 Å². The van der Waals surface area contributed by atoms with Crippen molar-refractivity contribution in [1.29, 1.82) is 0 Å². The largest absolute Gasteiger partial charge is 0.388 e. The molecule has 1 aromatic carbocycles. The lowest BCUT2D eigenvalue weighted by Gasteiger charge is -2.04. The molecule has 29 heavy (non-hydrogen) atoms. The van der Waals surface area contributed by atoms with Gasteiger partial charge in [-0.15, -0.1) is 0 Å². The van der Waals surface area contributed by atoms with Gasteiger partial charge in [0, 0.05) is 55.3 Å². The van der Waals surface area contributed by atoms with Gasteiger partial charge in [0.15, 0.2) is 0 Å². The molecule has 0 saturated carbocycles. The summed E-state index contributed by atoms with van der Waals surface area (Å²) in [5.74, 6) is 0.167. The lowest BCUT2D eigenvalue weighted by Crippen LogP contribution is -2.00. The molecule has 0 aliphatic rings. The first-order valence-electron chi connectivity index (χ1n) is 8.18. The van der Waals surface area contributed by atoms with Gasteiger partial charge in [-0.2, -0.15) is 11.8 Å². The predicted molar refractivity (Wildman–Crippen MR) is 135 cm³/mol. The number of Topliss-reactive ketones (excluding diaryl/α,β-unsaturated/α-hetero) is 1. The first kappa shape index (κ1) is 39.1. The molecule has 1 rings (SSSR count). The summed E-state index contributed by atoms with van der Waals surface area (Å²) in [7, 11) is -2.05. The van der Waals surface area contributed by atoms with Crippen LogP contribution in [0.5, 0.6) is 0 Å².